The maximum Gasteiger partial charge on any atom is 0.269 e. The second-order valence-corrected chi connectivity index (χ2v) is 4.27. The molecule has 2 N–H and O–H groups in total. The van der Waals surface area contributed by atoms with Gasteiger partial charge in [-0.15, -0.1) is 0 Å². The van der Waals surface area contributed by atoms with Crippen LogP contribution < -0.4 is 5.73 Å². The Morgan fingerprint density at radius 3 is 2.44 bits per heavy atom. The minimum absolute atomic E-state index is 0.0429. The van der Waals surface area contributed by atoms with Crippen molar-refractivity contribution in [1.29, 1.82) is 0 Å². The SMILES string of the molecule is CC(C)c1c(-c2ccc([N+](=O)[O-])cc2)noc1N. The molecule has 94 valence electrons. The number of anilines is 1. The molecular formula is C12H13N3O3. The van der Waals surface area contributed by atoms with E-state index >= 15 is 0 Å². The summed E-state index contributed by atoms with van der Waals surface area (Å²) in [5.74, 6) is 0.458. The highest BCUT2D eigenvalue weighted by Crippen LogP contribution is 2.33. The quantitative estimate of drug-likeness (QED) is 0.664. The van der Waals surface area contributed by atoms with Crippen molar-refractivity contribution in [3.05, 3.63) is 39.9 Å². The monoisotopic (exact) mass is 247 g/mol. The molecule has 2 aromatic rings. The van der Waals surface area contributed by atoms with Crippen molar-refractivity contribution in [2.45, 2.75) is 19.8 Å². The maximum atomic E-state index is 10.6. The predicted octanol–water partition coefficient (Wildman–Crippen LogP) is 2.96. The van der Waals surface area contributed by atoms with Crippen LogP contribution in [0.2, 0.25) is 0 Å². The van der Waals surface area contributed by atoms with E-state index in [1.807, 2.05) is 13.8 Å². The Bertz CT molecular complexity index is 573. The van der Waals surface area contributed by atoms with E-state index in [4.69, 9.17) is 10.3 Å². The van der Waals surface area contributed by atoms with E-state index in [0.717, 1.165) is 11.1 Å². The van der Waals surface area contributed by atoms with Crippen LogP contribution in [0.1, 0.15) is 25.3 Å². The summed E-state index contributed by atoms with van der Waals surface area (Å²) >= 11 is 0. The first-order valence-electron chi connectivity index (χ1n) is 5.50. The molecule has 0 bridgehead atoms. The zero-order valence-corrected chi connectivity index (χ0v) is 10.1. The van der Waals surface area contributed by atoms with E-state index in [0.29, 0.717) is 11.6 Å². The molecule has 0 unspecified atom stereocenters. The van der Waals surface area contributed by atoms with Crippen molar-refractivity contribution in [2.24, 2.45) is 0 Å². The van der Waals surface area contributed by atoms with Crippen molar-refractivity contribution in [1.82, 2.24) is 5.16 Å². The first-order chi connectivity index (χ1) is 8.50. The molecule has 1 heterocycles. The summed E-state index contributed by atoms with van der Waals surface area (Å²) in [5, 5.41) is 14.5. The van der Waals surface area contributed by atoms with Gasteiger partial charge in [0.15, 0.2) is 0 Å². The number of rotatable bonds is 3. The van der Waals surface area contributed by atoms with Gasteiger partial charge in [0, 0.05) is 23.3 Å². The lowest BCUT2D eigenvalue weighted by Crippen LogP contribution is -1.94. The van der Waals surface area contributed by atoms with E-state index in [2.05, 4.69) is 5.16 Å². The lowest BCUT2D eigenvalue weighted by molar-refractivity contribution is -0.384. The molecule has 0 aliphatic heterocycles. The summed E-state index contributed by atoms with van der Waals surface area (Å²) in [6, 6.07) is 6.15. The molecule has 0 aliphatic rings. The normalized spacial score (nSPS) is 10.8. The Labute approximate surface area is 104 Å². The molecule has 0 aliphatic carbocycles. The van der Waals surface area contributed by atoms with Crippen LogP contribution >= 0.6 is 0 Å². The third-order valence-electron chi connectivity index (χ3n) is 2.68. The standard InChI is InChI=1S/C12H13N3O3/c1-7(2)10-11(14-18-12(10)13)8-3-5-9(6-4-8)15(16)17/h3-7H,13H2,1-2H3. The minimum Gasteiger partial charge on any atom is -0.367 e. The van der Waals surface area contributed by atoms with Crippen LogP contribution in [0.4, 0.5) is 11.6 Å². The van der Waals surface area contributed by atoms with Crippen molar-refractivity contribution < 1.29 is 9.45 Å². The fourth-order valence-electron chi connectivity index (χ4n) is 1.82. The minimum atomic E-state index is -0.440. The number of nitro groups is 1. The zero-order chi connectivity index (χ0) is 13.3. The Kier molecular flexibility index (Phi) is 3.01. The van der Waals surface area contributed by atoms with E-state index in [1.54, 1.807) is 12.1 Å². The Morgan fingerprint density at radius 1 is 1.33 bits per heavy atom. The van der Waals surface area contributed by atoms with Crippen LogP contribution in [0.3, 0.4) is 0 Å². The fraction of sp³-hybridized carbons (Fsp3) is 0.250. The second kappa shape index (κ2) is 4.48. The molecule has 1 aromatic carbocycles. The lowest BCUT2D eigenvalue weighted by Gasteiger charge is -2.05. The van der Waals surface area contributed by atoms with Gasteiger partial charge >= 0.3 is 0 Å². The van der Waals surface area contributed by atoms with Gasteiger partial charge in [0.05, 0.1) is 4.92 Å². The van der Waals surface area contributed by atoms with E-state index in [1.165, 1.54) is 12.1 Å². The van der Waals surface area contributed by atoms with Crippen molar-refractivity contribution >= 4 is 11.6 Å². The molecular weight excluding hydrogens is 234 g/mol. The third kappa shape index (κ3) is 2.04. The van der Waals surface area contributed by atoms with Crippen LogP contribution in [-0.4, -0.2) is 10.1 Å². The first kappa shape index (κ1) is 12.1. The molecule has 0 radical (unpaired) electrons. The number of nitrogen functional groups attached to an aromatic ring is 1. The highest BCUT2D eigenvalue weighted by Gasteiger charge is 2.18. The number of nitrogens with two attached hydrogens (primary N) is 1. The lowest BCUT2D eigenvalue weighted by atomic mass is 9.99. The van der Waals surface area contributed by atoms with E-state index in [9.17, 15) is 10.1 Å². The number of hydrogen-bond acceptors (Lipinski definition) is 5. The molecule has 0 spiro atoms. The highest BCUT2D eigenvalue weighted by molar-refractivity contribution is 5.68. The number of aromatic nitrogens is 1. The summed E-state index contributed by atoms with van der Waals surface area (Å²) in [7, 11) is 0. The summed E-state index contributed by atoms with van der Waals surface area (Å²) in [4.78, 5) is 10.1. The molecule has 0 saturated carbocycles. The number of benzene rings is 1. The van der Waals surface area contributed by atoms with E-state index < -0.39 is 4.92 Å². The number of nitro benzene ring substituents is 1. The molecule has 0 fully saturated rings. The smallest absolute Gasteiger partial charge is 0.269 e. The first-order valence-corrected chi connectivity index (χ1v) is 5.50. The van der Waals surface area contributed by atoms with Crippen molar-refractivity contribution in [3.8, 4) is 11.3 Å². The van der Waals surface area contributed by atoms with Gasteiger partial charge in [0.2, 0.25) is 5.88 Å². The van der Waals surface area contributed by atoms with Gasteiger partial charge < -0.3 is 10.3 Å². The van der Waals surface area contributed by atoms with Gasteiger partial charge in [-0.1, -0.05) is 19.0 Å². The Balaban J connectivity index is 2.46. The molecule has 1 aromatic heterocycles. The molecule has 6 heteroatoms. The highest BCUT2D eigenvalue weighted by atomic mass is 16.6. The third-order valence-corrected chi connectivity index (χ3v) is 2.68. The average molecular weight is 247 g/mol. The molecule has 18 heavy (non-hydrogen) atoms. The Morgan fingerprint density at radius 2 is 1.94 bits per heavy atom. The van der Waals surface area contributed by atoms with Gasteiger partial charge in [-0.05, 0) is 18.1 Å². The largest absolute Gasteiger partial charge is 0.367 e. The average Bonchev–Trinajstić information content (AvgIpc) is 2.71. The van der Waals surface area contributed by atoms with Crippen LogP contribution in [0.5, 0.6) is 0 Å². The van der Waals surface area contributed by atoms with Crippen molar-refractivity contribution in [3.63, 3.8) is 0 Å². The van der Waals surface area contributed by atoms with Crippen LogP contribution in [-0.2, 0) is 0 Å². The second-order valence-electron chi connectivity index (χ2n) is 4.27. The molecule has 0 atom stereocenters. The van der Waals surface area contributed by atoms with E-state index in [-0.39, 0.29) is 11.6 Å². The molecule has 0 amide bonds. The predicted molar refractivity (Wildman–Crippen MR) is 67.1 cm³/mol. The zero-order valence-electron chi connectivity index (χ0n) is 10.1. The maximum absolute atomic E-state index is 10.6. The Hall–Kier alpha value is -2.37. The topological polar surface area (TPSA) is 95.2 Å². The van der Waals surface area contributed by atoms with Gasteiger partial charge in [-0.3, -0.25) is 10.1 Å². The van der Waals surface area contributed by atoms with Crippen LogP contribution in [0.25, 0.3) is 11.3 Å². The molecule has 6 nitrogen and oxygen atoms in total. The van der Waals surface area contributed by atoms with Crippen LogP contribution in [0, 0.1) is 10.1 Å². The summed E-state index contributed by atoms with van der Waals surface area (Å²) in [6.45, 7) is 3.97. The van der Waals surface area contributed by atoms with Crippen LogP contribution in [0.15, 0.2) is 28.8 Å². The van der Waals surface area contributed by atoms with Gasteiger partial charge in [0.1, 0.15) is 5.69 Å². The number of nitrogens with zero attached hydrogens (tertiary/aromatic N) is 2. The van der Waals surface area contributed by atoms with Gasteiger partial charge in [-0.2, -0.15) is 0 Å². The number of hydrogen-bond donors (Lipinski definition) is 1. The summed E-state index contributed by atoms with van der Waals surface area (Å²) in [5.41, 5.74) is 7.98. The number of non-ortho nitro benzene ring substituents is 1. The molecule has 2 rings (SSSR count). The summed E-state index contributed by atoms with van der Waals surface area (Å²) < 4.78 is 4.98. The van der Waals surface area contributed by atoms with Crippen molar-refractivity contribution in [2.75, 3.05) is 5.73 Å². The summed E-state index contributed by atoms with van der Waals surface area (Å²) in [6.07, 6.45) is 0. The fourth-order valence-corrected chi connectivity index (χ4v) is 1.82. The molecule has 0 saturated heterocycles. The van der Waals surface area contributed by atoms with Gasteiger partial charge in [-0.25, -0.2) is 0 Å². The van der Waals surface area contributed by atoms with Gasteiger partial charge in [0.25, 0.3) is 5.69 Å².